The van der Waals surface area contributed by atoms with Gasteiger partial charge >= 0.3 is 0 Å². The Morgan fingerprint density at radius 1 is 1.11 bits per heavy atom. The standard InChI is InChI=1S/C35H46ClN5O6/c1-34(2,3)30(39-28(42)15-23-12-20-9-10-21(23)11-20)33(46)41-18-35(16-26(40-47-35)22-5-4-6-24(36)14-22)17-27(41)32(45)38-25(13-19-7-8-19)29(43)31(37)44/h4-6,14,16,19-21,23,25,27,30,40H,7-13,15,17-18H2,1-3H3,(H2,37,44)(H,38,45)(H,39,42)/t20?,21?,23?,25-,27-,30+,35+/m0/s1. The van der Waals surface area contributed by atoms with Gasteiger partial charge in [0.15, 0.2) is 0 Å². The third kappa shape index (κ3) is 7.36. The molecule has 12 heteroatoms. The van der Waals surface area contributed by atoms with Crippen LogP contribution in [-0.2, 0) is 28.8 Å². The topological polar surface area (TPSA) is 160 Å². The summed E-state index contributed by atoms with van der Waals surface area (Å²) in [6.45, 7) is 5.68. The van der Waals surface area contributed by atoms with E-state index < -0.39 is 52.6 Å². The van der Waals surface area contributed by atoms with Gasteiger partial charge in [-0.25, -0.2) is 0 Å². The number of halogens is 1. The number of ketones is 1. The number of hydroxylamine groups is 1. The predicted molar refractivity (Wildman–Crippen MR) is 175 cm³/mol. The highest BCUT2D eigenvalue weighted by Gasteiger charge is 2.54. The molecule has 6 rings (SSSR count). The number of carbonyl (C=O) groups is 5. The number of fused-ring (bicyclic) bond motifs is 2. The molecule has 0 aromatic heterocycles. The molecule has 5 aliphatic rings. The van der Waals surface area contributed by atoms with Crippen molar-refractivity contribution in [2.24, 2.45) is 34.8 Å². The number of amides is 4. The number of likely N-dealkylation sites (tertiary alicyclic amines) is 1. The maximum Gasteiger partial charge on any atom is 0.287 e. The van der Waals surface area contributed by atoms with Crippen molar-refractivity contribution in [3.8, 4) is 0 Å². The van der Waals surface area contributed by atoms with Crippen LogP contribution < -0.4 is 21.8 Å². The number of hydrogen-bond donors (Lipinski definition) is 4. The molecular formula is C35H46ClN5O6. The summed E-state index contributed by atoms with van der Waals surface area (Å²) >= 11 is 6.23. The fourth-order valence-electron chi connectivity index (χ4n) is 8.08. The molecule has 7 atom stereocenters. The molecule has 4 amide bonds. The van der Waals surface area contributed by atoms with Crippen molar-refractivity contribution in [2.45, 2.75) is 102 Å². The van der Waals surface area contributed by atoms with E-state index in [2.05, 4.69) is 16.1 Å². The maximum absolute atomic E-state index is 14.5. The molecule has 1 aromatic rings. The minimum atomic E-state index is -1.12. The summed E-state index contributed by atoms with van der Waals surface area (Å²) in [7, 11) is 0. The molecule has 4 fully saturated rings. The lowest BCUT2D eigenvalue weighted by atomic mass is 9.84. The number of Topliss-reactive ketones (excluding diaryl/α,β-unsaturated/α-hetero) is 1. The van der Waals surface area contributed by atoms with E-state index >= 15 is 0 Å². The van der Waals surface area contributed by atoms with Gasteiger partial charge in [0, 0.05) is 23.4 Å². The van der Waals surface area contributed by atoms with E-state index in [1.807, 2.05) is 39.0 Å². The molecule has 2 heterocycles. The molecule has 3 saturated carbocycles. The summed E-state index contributed by atoms with van der Waals surface area (Å²) in [5.74, 6) is -1.31. The molecule has 47 heavy (non-hydrogen) atoms. The van der Waals surface area contributed by atoms with Crippen LogP contribution in [0.1, 0.15) is 84.1 Å². The van der Waals surface area contributed by atoms with Gasteiger partial charge < -0.3 is 21.3 Å². The van der Waals surface area contributed by atoms with Crippen molar-refractivity contribution in [3.63, 3.8) is 0 Å². The number of carbonyl (C=O) groups excluding carboxylic acids is 5. The van der Waals surface area contributed by atoms with Crippen molar-refractivity contribution >= 4 is 46.7 Å². The second-order valence-electron chi connectivity index (χ2n) is 15.5. The third-order valence-corrected chi connectivity index (χ3v) is 11.0. The van der Waals surface area contributed by atoms with E-state index in [9.17, 15) is 24.0 Å². The predicted octanol–water partition coefficient (Wildman–Crippen LogP) is 3.25. The zero-order valence-corrected chi connectivity index (χ0v) is 28.1. The largest absolute Gasteiger partial charge is 0.363 e. The van der Waals surface area contributed by atoms with Crippen molar-refractivity contribution in [1.29, 1.82) is 0 Å². The smallest absolute Gasteiger partial charge is 0.287 e. The van der Waals surface area contributed by atoms with Crippen LogP contribution in [0, 0.1) is 29.1 Å². The molecule has 3 aliphatic carbocycles. The van der Waals surface area contributed by atoms with Gasteiger partial charge in [-0.1, -0.05) is 63.8 Å². The Morgan fingerprint density at radius 2 is 1.87 bits per heavy atom. The van der Waals surface area contributed by atoms with E-state index in [0.29, 0.717) is 41.3 Å². The lowest BCUT2D eigenvalue weighted by Crippen LogP contribution is -2.59. The summed E-state index contributed by atoms with van der Waals surface area (Å²) in [5, 5.41) is 6.34. The van der Waals surface area contributed by atoms with Crippen LogP contribution >= 0.6 is 11.6 Å². The molecule has 1 aromatic carbocycles. The zero-order valence-electron chi connectivity index (χ0n) is 27.4. The Kier molecular flexibility index (Phi) is 9.17. The normalized spacial score (nSPS) is 29.3. The molecule has 1 saturated heterocycles. The summed E-state index contributed by atoms with van der Waals surface area (Å²) in [4.78, 5) is 74.1. The average Bonchev–Trinajstić information content (AvgIpc) is 3.34. The first-order valence-corrected chi connectivity index (χ1v) is 17.3. The lowest BCUT2D eigenvalue weighted by molar-refractivity contribution is -0.145. The molecule has 11 nitrogen and oxygen atoms in total. The SMILES string of the molecule is CC(C)(C)[C@H](NC(=O)CC1CC2CCC1C2)C(=O)N1C[C@@]2(C=C(c3cccc(Cl)c3)NO2)C[C@H]1C(=O)N[C@@H](CC1CC1)C(=O)C(N)=O. The first-order chi connectivity index (χ1) is 22.2. The van der Waals surface area contributed by atoms with Crippen molar-refractivity contribution in [1.82, 2.24) is 21.0 Å². The van der Waals surface area contributed by atoms with Crippen LogP contribution in [0.2, 0.25) is 5.02 Å². The highest BCUT2D eigenvalue weighted by molar-refractivity contribution is 6.37. The zero-order chi connectivity index (χ0) is 33.7. The third-order valence-electron chi connectivity index (χ3n) is 10.7. The average molecular weight is 668 g/mol. The first-order valence-electron chi connectivity index (χ1n) is 16.9. The Labute approximate surface area is 280 Å². The number of nitrogens with two attached hydrogens (primary N) is 1. The number of benzene rings is 1. The van der Waals surface area contributed by atoms with Gasteiger partial charge in [-0.2, -0.15) is 0 Å². The van der Waals surface area contributed by atoms with E-state index in [-0.39, 0.29) is 24.8 Å². The Morgan fingerprint density at radius 3 is 2.49 bits per heavy atom. The van der Waals surface area contributed by atoms with Gasteiger partial charge in [0.2, 0.25) is 23.5 Å². The molecule has 2 bridgehead atoms. The van der Waals surface area contributed by atoms with Crippen molar-refractivity contribution in [3.05, 3.63) is 40.9 Å². The first kappa shape index (κ1) is 33.5. The molecule has 254 valence electrons. The van der Waals surface area contributed by atoms with Crippen LogP contribution in [0.3, 0.4) is 0 Å². The van der Waals surface area contributed by atoms with E-state index in [1.165, 1.54) is 17.7 Å². The van der Waals surface area contributed by atoms with Gasteiger partial charge in [0.1, 0.15) is 17.7 Å². The molecule has 1 spiro atoms. The van der Waals surface area contributed by atoms with Gasteiger partial charge in [-0.05, 0) is 73.0 Å². The second-order valence-corrected chi connectivity index (χ2v) is 15.9. The quantitative estimate of drug-likeness (QED) is 0.264. The summed E-state index contributed by atoms with van der Waals surface area (Å²) in [6, 6.07) is 4.18. The van der Waals surface area contributed by atoms with Crippen LogP contribution in [0.4, 0.5) is 0 Å². The summed E-state index contributed by atoms with van der Waals surface area (Å²) in [5.41, 5.74) is 7.95. The number of nitrogens with zero attached hydrogens (tertiary/aromatic N) is 1. The molecular weight excluding hydrogens is 622 g/mol. The highest BCUT2D eigenvalue weighted by Crippen LogP contribution is 2.49. The molecule has 2 aliphatic heterocycles. The van der Waals surface area contributed by atoms with Crippen LogP contribution in [0.5, 0.6) is 0 Å². The molecule has 3 unspecified atom stereocenters. The van der Waals surface area contributed by atoms with E-state index in [4.69, 9.17) is 22.2 Å². The summed E-state index contributed by atoms with van der Waals surface area (Å²) in [6.07, 6.45) is 9.07. The van der Waals surface area contributed by atoms with E-state index in [1.54, 1.807) is 12.1 Å². The number of rotatable bonds is 11. The lowest BCUT2D eigenvalue weighted by Gasteiger charge is -2.36. The number of hydrogen-bond acceptors (Lipinski definition) is 7. The fraction of sp³-hybridized carbons (Fsp3) is 0.629. The Bertz CT molecular complexity index is 1490. The van der Waals surface area contributed by atoms with Crippen LogP contribution in [-0.4, -0.2) is 64.6 Å². The van der Waals surface area contributed by atoms with Crippen LogP contribution in [0.25, 0.3) is 5.70 Å². The van der Waals surface area contributed by atoms with Crippen molar-refractivity contribution < 1.29 is 28.8 Å². The minimum Gasteiger partial charge on any atom is -0.363 e. The fourth-order valence-corrected chi connectivity index (χ4v) is 8.27. The van der Waals surface area contributed by atoms with Crippen molar-refractivity contribution in [2.75, 3.05) is 6.54 Å². The number of primary amides is 1. The van der Waals surface area contributed by atoms with Gasteiger partial charge in [-0.15, -0.1) is 0 Å². The number of nitrogens with one attached hydrogen (secondary N) is 3. The van der Waals surface area contributed by atoms with Crippen LogP contribution in [0.15, 0.2) is 30.3 Å². The monoisotopic (exact) mass is 667 g/mol. The molecule has 5 N–H and O–H groups in total. The Balaban J connectivity index is 1.26. The van der Waals surface area contributed by atoms with Gasteiger partial charge in [-0.3, -0.25) is 34.3 Å². The van der Waals surface area contributed by atoms with Gasteiger partial charge in [0.25, 0.3) is 5.91 Å². The van der Waals surface area contributed by atoms with E-state index in [0.717, 1.165) is 31.2 Å². The minimum absolute atomic E-state index is 0.0207. The molecule has 0 radical (unpaired) electrons. The summed E-state index contributed by atoms with van der Waals surface area (Å²) < 4.78 is 0. The maximum atomic E-state index is 14.5. The van der Waals surface area contributed by atoms with Gasteiger partial charge in [0.05, 0.1) is 18.3 Å². The Hall–Kier alpha value is -3.44. The highest BCUT2D eigenvalue weighted by atomic mass is 35.5. The second kappa shape index (κ2) is 12.9.